The third-order valence-corrected chi connectivity index (χ3v) is 3.19. The average Bonchev–Trinajstić information content (AvgIpc) is 3.02. The Morgan fingerprint density at radius 2 is 2.33 bits per heavy atom. The molecule has 4 nitrogen and oxygen atoms in total. The molecular weight excluding hydrogens is 237 g/mol. The second kappa shape index (κ2) is 4.02. The van der Waals surface area contributed by atoms with Crippen LogP contribution in [0.4, 0.5) is 5.82 Å². The summed E-state index contributed by atoms with van der Waals surface area (Å²) in [7, 11) is 1.52. The number of nitrogens with zero attached hydrogens (tertiary/aromatic N) is 2. The molecule has 0 aromatic carbocycles. The van der Waals surface area contributed by atoms with E-state index in [0.29, 0.717) is 22.7 Å². The summed E-state index contributed by atoms with van der Waals surface area (Å²) in [5.74, 6) is 1.14. The van der Waals surface area contributed by atoms with Gasteiger partial charge in [-0.1, -0.05) is 11.6 Å². The number of rotatable bonds is 4. The van der Waals surface area contributed by atoms with Crippen molar-refractivity contribution in [2.75, 3.05) is 18.3 Å². The van der Waals surface area contributed by atoms with Crippen LogP contribution >= 0.6 is 23.2 Å². The Hall–Kier alpha value is -0.740. The summed E-state index contributed by atoms with van der Waals surface area (Å²) in [5.41, 5.74) is -0.0371. The van der Waals surface area contributed by atoms with Crippen molar-refractivity contribution >= 4 is 29.0 Å². The molecule has 0 radical (unpaired) electrons. The molecule has 1 saturated carbocycles. The molecule has 1 aromatic heterocycles. The number of halogens is 2. The molecule has 0 amide bonds. The maximum Gasteiger partial charge on any atom is 0.318 e. The number of ether oxygens (including phenoxy) is 1. The molecule has 1 aromatic rings. The van der Waals surface area contributed by atoms with E-state index < -0.39 is 0 Å². The number of hydrogen-bond donors (Lipinski definition) is 1. The van der Waals surface area contributed by atoms with Gasteiger partial charge in [-0.05, 0) is 12.8 Å². The van der Waals surface area contributed by atoms with Crippen LogP contribution in [0.3, 0.4) is 0 Å². The highest BCUT2D eigenvalue weighted by Gasteiger charge is 2.42. The quantitative estimate of drug-likeness (QED) is 0.830. The fraction of sp³-hybridized carbons (Fsp3) is 0.556. The molecule has 0 bridgehead atoms. The van der Waals surface area contributed by atoms with Gasteiger partial charge in [0, 0.05) is 5.88 Å². The molecule has 0 unspecified atom stereocenters. The van der Waals surface area contributed by atoms with Gasteiger partial charge in [0.2, 0.25) is 0 Å². The van der Waals surface area contributed by atoms with Gasteiger partial charge in [-0.15, -0.1) is 11.6 Å². The minimum absolute atomic E-state index is 0.0371. The molecule has 0 atom stereocenters. The topological polar surface area (TPSA) is 47.0 Å². The first kappa shape index (κ1) is 10.8. The van der Waals surface area contributed by atoms with Crippen molar-refractivity contribution in [2.24, 2.45) is 0 Å². The summed E-state index contributed by atoms with van der Waals surface area (Å²) in [6.07, 6.45) is 3.60. The Bertz CT molecular complexity index is 368. The highest BCUT2D eigenvalue weighted by molar-refractivity contribution is 6.32. The molecule has 0 spiro atoms. The van der Waals surface area contributed by atoms with Gasteiger partial charge in [0.1, 0.15) is 5.02 Å². The van der Waals surface area contributed by atoms with Gasteiger partial charge in [0.25, 0.3) is 0 Å². The van der Waals surface area contributed by atoms with E-state index >= 15 is 0 Å². The minimum Gasteiger partial charge on any atom is -0.467 e. The van der Waals surface area contributed by atoms with Gasteiger partial charge in [0.05, 0.1) is 18.8 Å². The lowest BCUT2D eigenvalue weighted by Crippen LogP contribution is -2.24. The van der Waals surface area contributed by atoms with Crippen molar-refractivity contribution in [3.05, 3.63) is 11.2 Å². The zero-order valence-electron chi connectivity index (χ0n) is 8.26. The van der Waals surface area contributed by atoms with Crippen LogP contribution in [0.2, 0.25) is 5.02 Å². The molecular formula is C9H11Cl2N3O. The lowest BCUT2D eigenvalue weighted by molar-refractivity contribution is 0.380. The Morgan fingerprint density at radius 3 is 2.87 bits per heavy atom. The van der Waals surface area contributed by atoms with Crippen molar-refractivity contribution in [1.82, 2.24) is 9.97 Å². The van der Waals surface area contributed by atoms with Crippen molar-refractivity contribution in [3.8, 4) is 6.01 Å². The van der Waals surface area contributed by atoms with Crippen LogP contribution in [-0.2, 0) is 0 Å². The molecule has 1 fully saturated rings. The molecule has 1 heterocycles. The maximum atomic E-state index is 5.96. The molecule has 2 rings (SSSR count). The van der Waals surface area contributed by atoms with E-state index in [0.717, 1.165) is 12.8 Å². The monoisotopic (exact) mass is 247 g/mol. The lowest BCUT2D eigenvalue weighted by atomic mass is 10.3. The molecule has 6 heteroatoms. The first-order valence-electron chi connectivity index (χ1n) is 4.60. The molecule has 0 aliphatic heterocycles. The Morgan fingerprint density at radius 1 is 1.60 bits per heavy atom. The van der Waals surface area contributed by atoms with E-state index in [4.69, 9.17) is 27.9 Å². The molecule has 1 aliphatic rings. The molecule has 0 saturated heterocycles. The summed E-state index contributed by atoms with van der Waals surface area (Å²) in [6, 6.07) is 0.298. The molecule has 15 heavy (non-hydrogen) atoms. The molecule has 1 aliphatic carbocycles. The van der Waals surface area contributed by atoms with Crippen molar-refractivity contribution < 1.29 is 4.74 Å². The SMILES string of the molecule is COc1ncc(Cl)c(NC2(CCl)CC2)n1. The van der Waals surface area contributed by atoms with Crippen molar-refractivity contribution in [1.29, 1.82) is 0 Å². The van der Waals surface area contributed by atoms with Crippen LogP contribution in [0.1, 0.15) is 12.8 Å². The van der Waals surface area contributed by atoms with Crippen LogP contribution in [0, 0.1) is 0 Å². The van der Waals surface area contributed by atoms with E-state index in [2.05, 4.69) is 15.3 Å². The van der Waals surface area contributed by atoms with Crippen LogP contribution in [0.25, 0.3) is 0 Å². The number of alkyl halides is 1. The van der Waals surface area contributed by atoms with E-state index in [9.17, 15) is 0 Å². The van der Waals surface area contributed by atoms with E-state index in [1.165, 1.54) is 13.3 Å². The molecule has 1 N–H and O–H groups in total. The van der Waals surface area contributed by atoms with Gasteiger partial charge in [0.15, 0.2) is 5.82 Å². The summed E-state index contributed by atoms with van der Waals surface area (Å²) in [4.78, 5) is 8.02. The third-order valence-electron chi connectivity index (χ3n) is 2.40. The third kappa shape index (κ3) is 2.26. The lowest BCUT2D eigenvalue weighted by Gasteiger charge is -2.15. The number of anilines is 1. The van der Waals surface area contributed by atoms with E-state index in [1.807, 2.05) is 0 Å². The largest absolute Gasteiger partial charge is 0.467 e. The highest BCUT2D eigenvalue weighted by Crippen LogP contribution is 2.40. The predicted molar refractivity (Wildman–Crippen MR) is 59.9 cm³/mol. The second-order valence-electron chi connectivity index (χ2n) is 3.59. The van der Waals surface area contributed by atoms with Gasteiger partial charge < -0.3 is 10.1 Å². The predicted octanol–water partition coefficient (Wildman–Crippen LogP) is 2.32. The number of methoxy groups -OCH3 is 1. The first-order chi connectivity index (χ1) is 7.19. The van der Waals surface area contributed by atoms with Gasteiger partial charge in [-0.25, -0.2) is 4.98 Å². The smallest absolute Gasteiger partial charge is 0.318 e. The van der Waals surface area contributed by atoms with Crippen molar-refractivity contribution in [3.63, 3.8) is 0 Å². The highest BCUT2D eigenvalue weighted by atomic mass is 35.5. The van der Waals surface area contributed by atoms with Gasteiger partial charge in [-0.2, -0.15) is 4.98 Å². The first-order valence-corrected chi connectivity index (χ1v) is 5.51. The summed E-state index contributed by atoms with van der Waals surface area (Å²) < 4.78 is 4.92. The Labute approximate surface area is 98.0 Å². The summed E-state index contributed by atoms with van der Waals surface area (Å²) in [5, 5.41) is 3.71. The van der Waals surface area contributed by atoms with Crippen LogP contribution in [-0.4, -0.2) is 28.5 Å². The normalized spacial score (nSPS) is 17.3. The zero-order chi connectivity index (χ0) is 10.9. The zero-order valence-corrected chi connectivity index (χ0v) is 9.77. The van der Waals surface area contributed by atoms with Crippen LogP contribution in [0.5, 0.6) is 6.01 Å². The number of nitrogens with one attached hydrogen (secondary N) is 1. The Balaban J connectivity index is 2.19. The number of aromatic nitrogens is 2. The van der Waals surface area contributed by atoms with Crippen molar-refractivity contribution in [2.45, 2.75) is 18.4 Å². The fourth-order valence-electron chi connectivity index (χ4n) is 1.23. The number of hydrogen-bond acceptors (Lipinski definition) is 4. The van der Waals surface area contributed by atoms with Gasteiger partial charge in [-0.3, -0.25) is 0 Å². The summed E-state index contributed by atoms with van der Waals surface area (Å²) in [6.45, 7) is 0. The average molecular weight is 248 g/mol. The standard InChI is InChI=1S/C9H11Cl2N3O/c1-15-8-12-4-6(11)7(13-8)14-9(5-10)2-3-9/h4H,2-3,5H2,1H3,(H,12,13,14). The van der Waals surface area contributed by atoms with E-state index in [1.54, 1.807) is 0 Å². The Kier molecular flexibility index (Phi) is 2.89. The molecule has 82 valence electrons. The minimum atomic E-state index is -0.0371. The maximum absolute atomic E-state index is 5.96. The van der Waals surface area contributed by atoms with Crippen LogP contribution in [0.15, 0.2) is 6.20 Å². The van der Waals surface area contributed by atoms with Crippen LogP contribution < -0.4 is 10.1 Å². The van der Waals surface area contributed by atoms with E-state index in [-0.39, 0.29) is 5.54 Å². The fourth-order valence-corrected chi connectivity index (χ4v) is 1.70. The second-order valence-corrected chi connectivity index (χ2v) is 4.27. The van der Waals surface area contributed by atoms with Gasteiger partial charge >= 0.3 is 6.01 Å². The summed E-state index contributed by atoms with van der Waals surface area (Å²) >= 11 is 11.8.